The standard InChI is InChI=1S/C10H11F3O/c1-4(2)6-9(13)7(11)5(3)8(12)10(6)14/h4,14H,1-3H3. The number of rotatable bonds is 1. The van der Waals surface area contributed by atoms with E-state index in [0.29, 0.717) is 0 Å². The lowest BCUT2D eigenvalue weighted by Crippen LogP contribution is -2.03. The molecule has 0 fully saturated rings. The first-order valence-corrected chi connectivity index (χ1v) is 4.23. The summed E-state index contributed by atoms with van der Waals surface area (Å²) in [7, 11) is 0. The third-order valence-electron chi connectivity index (χ3n) is 2.13. The topological polar surface area (TPSA) is 20.2 Å². The van der Waals surface area contributed by atoms with E-state index in [1.165, 1.54) is 0 Å². The fourth-order valence-corrected chi connectivity index (χ4v) is 1.31. The van der Waals surface area contributed by atoms with Crippen LogP contribution in [0.25, 0.3) is 0 Å². The second kappa shape index (κ2) is 3.52. The predicted octanol–water partition coefficient (Wildman–Crippen LogP) is 3.24. The molecule has 0 saturated heterocycles. The van der Waals surface area contributed by atoms with Gasteiger partial charge in [0.2, 0.25) is 0 Å². The second-order valence-corrected chi connectivity index (χ2v) is 3.48. The Morgan fingerprint density at radius 1 is 1.00 bits per heavy atom. The number of phenols is 1. The zero-order valence-electron chi connectivity index (χ0n) is 8.16. The Kier molecular flexibility index (Phi) is 2.73. The highest BCUT2D eigenvalue weighted by Crippen LogP contribution is 2.34. The highest BCUT2D eigenvalue weighted by Gasteiger charge is 2.23. The van der Waals surface area contributed by atoms with Gasteiger partial charge in [-0.05, 0) is 12.8 Å². The maximum Gasteiger partial charge on any atom is 0.171 e. The van der Waals surface area contributed by atoms with E-state index in [1.807, 2.05) is 0 Å². The summed E-state index contributed by atoms with van der Waals surface area (Å²) >= 11 is 0. The van der Waals surface area contributed by atoms with Crippen LogP contribution in [0.15, 0.2) is 0 Å². The molecular formula is C10H11F3O. The molecule has 0 heterocycles. The summed E-state index contributed by atoms with van der Waals surface area (Å²) in [6.07, 6.45) is 0. The Bertz CT molecular complexity index is 343. The van der Waals surface area contributed by atoms with E-state index in [-0.39, 0.29) is 5.56 Å². The van der Waals surface area contributed by atoms with Gasteiger partial charge >= 0.3 is 0 Å². The molecule has 0 aliphatic rings. The van der Waals surface area contributed by atoms with Crippen molar-refractivity contribution in [2.75, 3.05) is 0 Å². The third-order valence-corrected chi connectivity index (χ3v) is 2.13. The van der Waals surface area contributed by atoms with Crippen LogP contribution in [0.3, 0.4) is 0 Å². The number of aromatic hydroxyl groups is 1. The van der Waals surface area contributed by atoms with Crippen molar-refractivity contribution < 1.29 is 18.3 Å². The molecule has 0 bridgehead atoms. The van der Waals surface area contributed by atoms with Gasteiger partial charge < -0.3 is 5.11 Å². The molecule has 1 N–H and O–H groups in total. The van der Waals surface area contributed by atoms with Crippen LogP contribution >= 0.6 is 0 Å². The van der Waals surface area contributed by atoms with Gasteiger partial charge in [-0.3, -0.25) is 0 Å². The van der Waals surface area contributed by atoms with E-state index in [0.717, 1.165) is 6.92 Å². The molecule has 1 rings (SSSR count). The number of benzene rings is 1. The molecule has 0 atom stereocenters. The SMILES string of the molecule is Cc1c(F)c(O)c(C(C)C)c(F)c1F. The molecule has 0 unspecified atom stereocenters. The van der Waals surface area contributed by atoms with E-state index in [4.69, 9.17) is 0 Å². The summed E-state index contributed by atoms with van der Waals surface area (Å²) in [5, 5.41) is 9.27. The second-order valence-electron chi connectivity index (χ2n) is 3.48. The molecule has 14 heavy (non-hydrogen) atoms. The lowest BCUT2D eigenvalue weighted by Gasteiger charge is -2.12. The summed E-state index contributed by atoms with van der Waals surface area (Å²) in [5.74, 6) is -4.76. The lowest BCUT2D eigenvalue weighted by molar-refractivity contribution is 0.393. The van der Waals surface area contributed by atoms with E-state index in [9.17, 15) is 18.3 Å². The molecule has 0 aromatic heterocycles. The molecule has 0 saturated carbocycles. The van der Waals surface area contributed by atoms with Gasteiger partial charge in [-0.1, -0.05) is 13.8 Å². The van der Waals surface area contributed by atoms with E-state index < -0.39 is 34.7 Å². The highest BCUT2D eigenvalue weighted by molar-refractivity contribution is 5.41. The first kappa shape index (κ1) is 10.9. The summed E-state index contributed by atoms with van der Waals surface area (Å²) in [4.78, 5) is 0. The van der Waals surface area contributed by atoms with Gasteiger partial charge in [0.15, 0.2) is 23.2 Å². The minimum absolute atomic E-state index is 0.314. The monoisotopic (exact) mass is 204 g/mol. The number of hydrogen-bond acceptors (Lipinski definition) is 1. The van der Waals surface area contributed by atoms with Crippen LogP contribution in [0.1, 0.15) is 30.9 Å². The minimum atomic E-state index is -1.23. The first-order chi connectivity index (χ1) is 6.37. The molecule has 0 aliphatic heterocycles. The van der Waals surface area contributed by atoms with Crippen LogP contribution in [0, 0.1) is 24.4 Å². The average molecular weight is 204 g/mol. The summed E-state index contributed by atoms with van der Waals surface area (Å²) in [6, 6.07) is 0. The summed E-state index contributed by atoms with van der Waals surface area (Å²) in [6.45, 7) is 4.18. The molecule has 0 amide bonds. The van der Waals surface area contributed by atoms with Crippen LogP contribution in [-0.4, -0.2) is 5.11 Å². The van der Waals surface area contributed by atoms with Crippen molar-refractivity contribution in [1.29, 1.82) is 0 Å². The number of hydrogen-bond donors (Lipinski definition) is 1. The Morgan fingerprint density at radius 3 is 1.93 bits per heavy atom. The first-order valence-electron chi connectivity index (χ1n) is 4.23. The number of phenolic OH excluding ortho intramolecular Hbond substituents is 1. The molecule has 1 aromatic carbocycles. The molecule has 0 radical (unpaired) electrons. The van der Waals surface area contributed by atoms with Crippen LogP contribution in [0.5, 0.6) is 5.75 Å². The van der Waals surface area contributed by atoms with Crippen molar-refractivity contribution in [3.63, 3.8) is 0 Å². The van der Waals surface area contributed by atoms with Crippen LogP contribution in [0.2, 0.25) is 0 Å². The molecule has 78 valence electrons. The molecule has 1 aromatic rings. The lowest BCUT2D eigenvalue weighted by atomic mass is 9.99. The van der Waals surface area contributed by atoms with Gasteiger partial charge in [-0.25, -0.2) is 13.2 Å². The quantitative estimate of drug-likeness (QED) is 0.696. The fourth-order valence-electron chi connectivity index (χ4n) is 1.31. The Labute approximate surface area is 80.2 Å². The van der Waals surface area contributed by atoms with Gasteiger partial charge in [-0.15, -0.1) is 0 Å². The minimum Gasteiger partial charge on any atom is -0.505 e. The zero-order valence-corrected chi connectivity index (χ0v) is 8.16. The average Bonchev–Trinajstić information content (AvgIpc) is 2.11. The van der Waals surface area contributed by atoms with Crippen molar-refractivity contribution in [2.45, 2.75) is 26.7 Å². The van der Waals surface area contributed by atoms with Gasteiger partial charge in [0.05, 0.1) is 0 Å². The molecule has 0 spiro atoms. The zero-order chi connectivity index (χ0) is 11.0. The smallest absolute Gasteiger partial charge is 0.171 e. The Morgan fingerprint density at radius 2 is 1.50 bits per heavy atom. The Hall–Kier alpha value is -1.19. The number of halogens is 3. The van der Waals surface area contributed by atoms with Crippen LogP contribution in [-0.2, 0) is 0 Å². The maximum atomic E-state index is 13.3. The van der Waals surface area contributed by atoms with Gasteiger partial charge in [0, 0.05) is 11.1 Å². The van der Waals surface area contributed by atoms with Gasteiger partial charge in [0.1, 0.15) is 0 Å². The van der Waals surface area contributed by atoms with E-state index in [1.54, 1.807) is 13.8 Å². The van der Waals surface area contributed by atoms with Crippen LogP contribution < -0.4 is 0 Å². The normalized spacial score (nSPS) is 11.1. The van der Waals surface area contributed by atoms with Crippen molar-refractivity contribution in [2.24, 2.45) is 0 Å². The molecule has 0 aliphatic carbocycles. The van der Waals surface area contributed by atoms with Gasteiger partial charge in [0.25, 0.3) is 0 Å². The molecular weight excluding hydrogens is 193 g/mol. The van der Waals surface area contributed by atoms with E-state index in [2.05, 4.69) is 0 Å². The molecule has 4 heteroatoms. The molecule has 1 nitrogen and oxygen atoms in total. The largest absolute Gasteiger partial charge is 0.505 e. The Balaban J connectivity index is 3.60. The summed E-state index contributed by atoms with van der Waals surface area (Å²) in [5.41, 5.74) is -0.810. The van der Waals surface area contributed by atoms with Crippen molar-refractivity contribution in [1.82, 2.24) is 0 Å². The van der Waals surface area contributed by atoms with Crippen molar-refractivity contribution in [3.05, 3.63) is 28.6 Å². The summed E-state index contributed by atoms with van der Waals surface area (Å²) < 4.78 is 39.5. The predicted molar refractivity (Wildman–Crippen MR) is 46.8 cm³/mol. The maximum absolute atomic E-state index is 13.3. The van der Waals surface area contributed by atoms with Gasteiger partial charge in [-0.2, -0.15) is 0 Å². The van der Waals surface area contributed by atoms with E-state index >= 15 is 0 Å². The van der Waals surface area contributed by atoms with Crippen LogP contribution in [0.4, 0.5) is 13.2 Å². The highest BCUT2D eigenvalue weighted by atomic mass is 19.2. The third kappa shape index (κ3) is 1.45. The van der Waals surface area contributed by atoms with Crippen molar-refractivity contribution in [3.8, 4) is 5.75 Å². The fraction of sp³-hybridized carbons (Fsp3) is 0.400. The van der Waals surface area contributed by atoms with Crippen molar-refractivity contribution >= 4 is 0 Å².